The highest BCUT2D eigenvalue weighted by atomic mass is 19.1. The van der Waals surface area contributed by atoms with Crippen LogP contribution in [0.5, 0.6) is 0 Å². The summed E-state index contributed by atoms with van der Waals surface area (Å²) in [4.78, 5) is 0. The highest BCUT2D eigenvalue weighted by molar-refractivity contribution is 5.21. The molecular formula is C13H18F2O. The lowest BCUT2D eigenvalue weighted by atomic mass is 9.83. The predicted octanol–water partition coefficient (Wildman–Crippen LogP) is 3.30. The molecule has 0 bridgehead atoms. The van der Waals surface area contributed by atoms with Gasteiger partial charge >= 0.3 is 0 Å². The van der Waals surface area contributed by atoms with E-state index in [1.165, 1.54) is 18.2 Å². The third-order valence-electron chi connectivity index (χ3n) is 3.27. The maximum absolute atomic E-state index is 13.4. The lowest BCUT2D eigenvalue weighted by Gasteiger charge is -2.30. The number of hydrogen-bond donors (Lipinski definition) is 1. The van der Waals surface area contributed by atoms with Crippen molar-refractivity contribution in [3.8, 4) is 0 Å². The number of halogens is 2. The summed E-state index contributed by atoms with van der Waals surface area (Å²) in [5.41, 5.74) is -1.12. The summed E-state index contributed by atoms with van der Waals surface area (Å²) in [6.07, 6.45) is 0.767. The minimum Gasteiger partial charge on any atom is -0.390 e. The molecule has 1 nitrogen and oxygen atoms in total. The smallest absolute Gasteiger partial charge is 0.129 e. The molecule has 3 heteroatoms. The van der Waals surface area contributed by atoms with Gasteiger partial charge in [0.05, 0.1) is 5.60 Å². The average molecular weight is 228 g/mol. The second-order valence-corrected chi connectivity index (χ2v) is 4.54. The van der Waals surface area contributed by atoms with Crippen LogP contribution in [0.15, 0.2) is 18.2 Å². The molecule has 0 aliphatic rings. The van der Waals surface area contributed by atoms with Crippen LogP contribution in [0.3, 0.4) is 0 Å². The summed E-state index contributed by atoms with van der Waals surface area (Å²) in [6, 6.07) is 3.75. The Hall–Kier alpha value is -0.960. The van der Waals surface area contributed by atoms with Crippen molar-refractivity contribution in [2.75, 3.05) is 0 Å². The van der Waals surface area contributed by atoms with Gasteiger partial charge in [-0.15, -0.1) is 0 Å². The lowest BCUT2D eigenvalue weighted by molar-refractivity contribution is 0.00371. The normalized spacial score (nSPS) is 16.9. The summed E-state index contributed by atoms with van der Waals surface area (Å²) in [5, 5.41) is 10.2. The zero-order valence-electron chi connectivity index (χ0n) is 9.93. The molecule has 1 rings (SSSR count). The van der Waals surface area contributed by atoms with Crippen LogP contribution in [0.1, 0.15) is 32.8 Å². The Kier molecular flexibility index (Phi) is 4.03. The molecule has 0 radical (unpaired) electrons. The van der Waals surface area contributed by atoms with E-state index in [2.05, 4.69) is 0 Å². The van der Waals surface area contributed by atoms with Crippen molar-refractivity contribution >= 4 is 0 Å². The first-order valence-corrected chi connectivity index (χ1v) is 5.53. The molecular weight excluding hydrogens is 210 g/mol. The maximum Gasteiger partial charge on any atom is 0.129 e. The molecule has 0 aliphatic carbocycles. The standard InChI is InChI=1S/C13H18F2O/c1-4-9(2)13(3,16)8-10-11(14)6-5-7-12(10)15/h5-7,9,16H,4,8H2,1-3H3. The topological polar surface area (TPSA) is 20.2 Å². The largest absolute Gasteiger partial charge is 0.390 e. The van der Waals surface area contributed by atoms with Gasteiger partial charge in [0.2, 0.25) is 0 Å². The molecule has 16 heavy (non-hydrogen) atoms. The van der Waals surface area contributed by atoms with E-state index in [1.54, 1.807) is 6.92 Å². The van der Waals surface area contributed by atoms with Crippen LogP contribution >= 0.6 is 0 Å². The quantitative estimate of drug-likeness (QED) is 0.838. The fraction of sp³-hybridized carbons (Fsp3) is 0.538. The molecule has 0 fully saturated rings. The van der Waals surface area contributed by atoms with Crippen LogP contribution in [0.25, 0.3) is 0 Å². The van der Waals surface area contributed by atoms with Gasteiger partial charge in [-0.3, -0.25) is 0 Å². The summed E-state index contributed by atoms with van der Waals surface area (Å²) in [6.45, 7) is 5.43. The molecule has 0 amide bonds. The Morgan fingerprint density at radius 1 is 1.31 bits per heavy atom. The van der Waals surface area contributed by atoms with Crippen molar-refractivity contribution in [1.82, 2.24) is 0 Å². The molecule has 0 spiro atoms. The molecule has 1 aromatic rings. The van der Waals surface area contributed by atoms with E-state index in [0.29, 0.717) is 0 Å². The average Bonchev–Trinajstić information content (AvgIpc) is 2.22. The zero-order valence-corrected chi connectivity index (χ0v) is 9.93. The zero-order chi connectivity index (χ0) is 12.3. The highest BCUT2D eigenvalue weighted by Gasteiger charge is 2.29. The van der Waals surface area contributed by atoms with E-state index >= 15 is 0 Å². The van der Waals surface area contributed by atoms with Crippen molar-refractivity contribution < 1.29 is 13.9 Å². The third kappa shape index (κ3) is 2.79. The number of hydrogen-bond acceptors (Lipinski definition) is 1. The van der Waals surface area contributed by atoms with Gasteiger partial charge in [0.1, 0.15) is 11.6 Å². The first kappa shape index (κ1) is 13.1. The first-order chi connectivity index (χ1) is 7.38. The van der Waals surface area contributed by atoms with E-state index in [4.69, 9.17) is 0 Å². The monoisotopic (exact) mass is 228 g/mol. The fourth-order valence-corrected chi connectivity index (χ4v) is 1.67. The van der Waals surface area contributed by atoms with Crippen LogP contribution in [0.2, 0.25) is 0 Å². The summed E-state index contributed by atoms with van der Waals surface area (Å²) in [7, 11) is 0. The van der Waals surface area contributed by atoms with Gasteiger partial charge in [0.15, 0.2) is 0 Å². The fourth-order valence-electron chi connectivity index (χ4n) is 1.67. The lowest BCUT2D eigenvalue weighted by Crippen LogP contribution is -2.35. The summed E-state index contributed by atoms with van der Waals surface area (Å²) in [5.74, 6) is -1.20. The van der Waals surface area contributed by atoms with Crippen LogP contribution < -0.4 is 0 Å². The number of aliphatic hydroxyl groups is 1. The van der Waals surface area contributed by atoms with Crippen molar-refractivity contribution in [1.29, 1.82) is 0 Å². The van der Waals surface area contributed by atoms with E-state index < -0.39 is 17.2 Å². The van der Waals surface area contributed by atoms with Crippen molar-refractivity contribution in [3.05, 3.63) is 35.4 Å². The molecule has 1 aromatic carbocycles. The SMILES string of the molecule is CCC(C)C(C)(O)Cc1c(F)cccc1F. The van der Waals surface area contributed by atoms with Gasteiger partial charge in [-0.25, -0.2) is 8.78 Å². The van der Waals surface area contributed by atoms with Gasteiger partial charge in [-0.2, -0.15) is 0 Å². The predicted molar refractivity (Wildman–Crippen MR) is 60.1 cm³/mol. The van der Waals surface area contributed by atoms with E-state index in [-0.39, 0.29) is 17.9 Å². The highest BCUT2D eigenvalue weighted by Crippen LogP contribution is 2.26. The van der Waals surface area contributed by atoms with Crippen molar-refractivity contribution in [2.24, 2.45) is 5.92 Å². The van der Waals surface area contributed by atoms with Gasteiger partial charge in [-0.1, -0.05) is 26.3 Å². The molecule has 90 valence electrons. The number of benzene rings is 1. The molecule has 0 saturated heterocycles. The minimum absolute atomic E-state index is 0.000509. The Labute approximate surface area is 95.1 Å². The molecule has 0 aromatic heterocycles. The Bertz CT molecular complexity index is 341. The van der Waals surface area contributed by atoms with E-state index in [1.807, 2.05) is 13.8 Å². The second-order valence-electron chi connectivity index (χ2n) is 4.54. The van der Waals surface area contributed by atoms with Gasteiger partial charge < -0.3 is 5.11 Å². The third-order valence-corrected chi connectivity index (χ3v) is 3.27. The van der Waals surface area contributed by atoms with E-state index in [9.17, 15) is 13.9 Å². The molecule has 2 unspecified atom stereocenters. The van der Waals surface area contributed by atoms with Crippen LogP contribution in [-0.2, 0) is 6.42 Å². The van der Waals surface area contributed by atoms with Crippen LogP contribution in [0, 0.1) is 17.6 Å². The first-order valence-electron chi connectivity index (χ1n) is 5.53. The van der Waals surface area contributed by atoms with E-state index in [0.717, 1.165) is 6.42 Å². The van der Waals surface area contributed by atoms with Crippen molar-refractivity contribution in [2.45, 2.75) is 39.2 Å². The minimum atomic E-state index is -1.09. The molecule has 0 heterocycles. The van der Waals surface area contributed by atoms with Crippen LogP contribution in [0.4, 0.5) is 8.78 Å². The Balaban J connectivity index is 2.96. The molecule has 0 aliphatic heterocycles. The van der Waals surface area contributed by atoms with Gasteiger partial charge in [0, 0.05) is 12.0 Å². The second kappa shape index (κ2) is 4.91. The van der Waals surface area contributed by atoms with Crippen molar-refractivity contribution in [3.63, 3.8) is 0 Å². The maximum atomic E-state index is 13.4. The van der Waals surface area contributed by atoms with Gasteiger partial charge in [-0.05, 0) is 25.0 Å². The van der Waals surface area contributed by atoms with Crippen LogP contribution in [-0.4, -0.2) is 10.7 Å². The Morgan fingerprint density at radius 3 is 2.25 bits per heavy atom. The molecule has 0 saturated carbocycles. The Morgan fingerprint density at radius 2 is 1.81 bits per heavy atom. The molecule has 2 atom stereocenters. The molecule has 1 N–H and O–H groups in total. The van der Waals surface area contributed by atoms with Gasteiger partial charge in [0.25, 0.3) is 0 Å². The summed E-state index contributed by atoms with van der Waals surface area (Å²) >= 11 is 0. The number of rotatable bonds is 4. The summed E-state index contributed by atoms with van der Waals surface area (Å²) < 4.78 is 26.8.